The Balaban J connectivity index is 1.46. The highest BCUT2D eigenvalue weighted by molar-refractivity contribution is 7.12. The summed E-state index contributed by atoms with van der Waals surface area (Å²) < 4.78 is 4.89. The number of amides is 1. The quantitative estimate of drug-likeness (QED) is 0.341. The van der Waals surface area contributed by atoms with Crippen LogP contribution in [0.4, 0.5) is 11.4 Å². The molecule has 0 radical (unpaired) electrons. The molecule has 0 aliphatic rings. The molecular weight excluding hydrogens is 420 g/mol. The minimum atomic E-state index is -0.354. The van der Waals surface area contributed by atoms with Crippen LogP contribution in [0.2, 0.25) is 0 Å². The summed E-state index contributed by atoms with van der Waals surface area (Å²) in [6.45, 7) is 0.588. The minimum absolute atomic E-state index is 0.122. The zero-order valence-electron chi connectivity index (χ0n) is 17.5. The number of esters is 1. The second kappa shape index (κ2) is 9.94. The summed E-state index contributed by atoms with van der Waals surface area (Å²) in [4.78, 5) is 25.1. The van der Waals surface area contributed by atoms with E-state index in [0.717, 1.165) is 28.1 Å². The van der Waals surface area contributed by atoms with Crippen LogP contribution in [0.3, 0.4) is 0 Å². The van der Waals surface area contributed by atoms with Gasteiger partial charge in [-0.05, 0) is 46.3 Å². The molecule has 0 saturated carbocycles. The Labute approximate surface area is 190 Å². The zero-order valence-corrected chi connectivity index (χ0v) is 18.3. The fourth-order valence-corrected chi connectivity index (χ4v) is 3.98. The first kappa shape index (κ1) is 21.3. The molecular formula is C26H22N2O3S. The first-order valence-electron chi connectivity index (χ1n) is 10.1. The van der Waals surface area contributed by atoms with Crippen molar-refractivity contribution in [2.45, 2.75) is 6.54 Å². The molecule has 4 rings (SSSR count). The van der Waals surface area contributed by atoms with Gasteiger partial charge in [-0.1, -0.05) is 60.7 Å². The lowest BCUT2D eigenvalue weighted by Gasteiger charge is -2.13. The molecule has 0 atom stereocenters. The van der Waals surface area contributed by atoms with Crippen LogP contribution in [0.5, 0.6) is 0 Å². The predicted molar refractivity (Wildman–Crippen MR) is 129 cm³/mol. The zero-order chi connectivity index (χ0) is 22.3. The highest BCUT2D eigenvalue weighted by atomic mass is 32.1. The Bertz CT molecular complexity index is 1220. The SMILES string of the molecule is COC(=O)c1ccccc1-c1ccc(CNc2ccccc2NC(=O)c2cccs2)cc1. The lowest BCUT2D eigenvalue weighted by Crippen LogP contribution is -2.12. The fourth-order valence-electron chi connectivity index (χ4n) is 3.36. The van der Waals surface area contributed by atoms with Crippen molar-refractivity contribution in [3.8, 4) is 11.1 Å². The molecule has 0 bridgehead atoms. The van der Waals surface area contributed by atoms with Crippen molar-refractivity contribution in [2.75, 3.05) is 17.7 Å². The number of hydrogen-bond acceptors (Lipinski definition) is 5. The van der Waals surface area contributed by atoms with Gasteiger partial charge in [-0.3, -0.25) is 4.79 Å². The first-order chi connectivity index (χ1) is 15.7. The Kier molecular flexibility index (Phi) is 6.63. The molecule has 160 valence electrons. The average molecular weight is 443 g/mol. The van der Waals surface area contributed by atoms with Crippen LogP contribution < -0.4 is 10.6 Å². The van der Waals surface area contributed by atoms with Crippen molar-refractivity contribution in [3.63, 3.8) is 0 Å². The van der Waals surface area contributed by atoms with Gasteiger partial charge in [0, 0.05) is 6.54 Å². The Morgan fingerprint density at radius 1 is 0.844 bits per heavy atom. The fraction of sp³-hybridized carbons (Fsp3) is 0.0769. The van der Waals surface area contributed by atoms with Crippen molar-refractivity contribution < 1.29 is 14.3 Å². The van der Waals surface area contributed by atoms with Crippen molar-refractivity contribution in [3.05, 3.63) is 106 Å². The van der Waals surface area contributed by atoms with Crippen molar-refractivity contribution in [2.24, 2.45) is 0 Å². The number of anilines is 2. The monoisotopic (exact) mass is 442 g/mol. The summed E-state index contributed by atoms with van der Waals surface area (Å²) in [6, 6.07) is 26.7. The van der Waals surface area contributed by atoms with Gasteiger partial charge >= 0.3 is 5.97 Å². The standard InChI is InChI=1S/C26H22N2O3S/c1-31-26(30)21-8-3-2-7-20(21)19-14-12-18(13-15-19)17-27-22-9-4-5-10-23(22)28-25(29)24-11-6-16-32-24/h2-16,27H,17H2,1H3,(H,28,29). The highest BCUT2D eigenvalue weighted by Gasteiger charge is 2.13. The van der Waals surface area contributed by atoms with E-state index < -0.39 is 0 Å². The van der Waals surface area contributed by atoms with Crippen LogP contribution in [-0.4, -0.2) is 19.0 Å². The molecule has 1 aromatic heterocycles. The molecule has 0 aliphatic carbocycles. The molecule has 0 unspecified atom stereocenters. The van der Waals surface area contributed by atoms with Gasteiger partial charge in [-0.2, -0.15) is 0 Å². The molecule has 0 saturated heterocycles. The van der Waals surface area contributed by atoms with E-state index in [1.807, 2.05) is 78.2 Å². The normalized spacial score (nSPS) is 10.4. The van der Waals surface area contributed by atoms with Crippen molar-refractivity contribution in [1.29, 1.82) is 0 Å². The van der Waals surface area contributed by atoms with Crippen molar-refractivity contribution >= 4 is 34.6 Å². The van der Waals surface area contributed by atoms with E-state index >= 15 is 0 Å². The summed E-state index contributed by atoms with van der Waals surface area (Å²) in [5.41, 5.74) is 4.96. The number of ether oxygens (including phenoxy) is 1. The Morgan fingerprint density at radius 3 is 2.28 bits per heavy atom. The van der Waals surface area contributed by atoms with Gasteiger partial charge in [0.25, 0.3) is 5.91 Å². The number of hydrogen-bond donors (Lipinski definition) is 2. The second-order valence-corrected chi connectivity index (χ2v) is 8.01. The van der Waals surface area contributed by atoms with Crippen LogP contribution in [-0.2, 0) is 11.3 Å². The summed E-state index contributed by atoms with van der Waals surface area (Å²) in [6.07, 6.45) is 0. The van der Waals surface area contributed by atoms with E-state index in [2.05, 4.69) is 10.6 Å². The van der Waals surface area contributed by atoms with Crippen LogP contribution in [0.25, 0.3) is 11.1 Å². The van der Waals surface area contributed by atoms with Gasteiger partial charge in [-0.15, -0.1) is 11.3 Å². The Hall–Kier alpha value is -3.90. The molecule has 5 nitrogen and oxygen atoms in total. The van der Waals surface area contributed by atoms with E-state index in [0.29, 0.717) is 17.0 Å². The van der Waals surface area contributed by atoms with Gasteiger partial charge < -0.3 is 15.4 Å². The molecule has 1 amide bonds. The van der Waals surface area contributed by atoms with Crippen LogP contribution in [0, 0.1) is 0 Å². The summed E-state index contributed by atoms with van der Waals surface area (Å²) in [7, 11) is 1.38. The number of thiophene rings is 1. The number of rotatable bonds is 7. The average Bonchev–Trinajstić information content (AvgIpc) is 3.39. The van der Waals surface area contributed by atoms with E-state index in [9.17, 15) is 9.59 Å². The molecule has 2 N–H and O–H groups in total. The molecule has 4 aromatic rings. The maximum Gasteiger partial charge on any atom is 0.338 e. The summed E-state index contributed by atoms with van der Waals surface area (Å²) >= 11 is 1.41. The van der Waals surface area contributed by atoms with E-state index in [1.54, 1.807) is 12.1 Å². The third-order valence-electron chi connectivity index (χ3n) is 5.00. The first-order valence-corrected chi connectivity index (χ1v) is 11.0. The number of para-hydroxylation sites is 2. The van der Waals surface area contributed by atoms with Gasteiger partial charge in [-0.25, -0.2) is 4.79 Å². The maximum atomic E-state index is 12.4. The summed E-state index contributed by atoms with van der Waals surface area (Å²) in [5.74, 6) is -0.476. The van der Waals surface area contributed by atoms with Crippen LogP contribution in [0.15, 0.2) is 90.3 Å². The largest absolute Gasteiger partial charge is 0.465 e. The van der Waals surface area contributed by atoms with E-state index in [-0.39, 0.29) is 11.9 Å². The molecule has 0 spiro atoms. The van der Waals surface area contributed by atoms with E-state index in [4.69, 9.17) is 4.74 Å². The minimum Gasteiger partial charge on any atom is -0.465 e. The van der Waals surface area contributed by atoms with Gasteiger partial charge in [0.15, 0.2) is 0 Å². The topological polar surface area (TPSA) is 67.4 Å². The van der Waals surface area contributed by atoms with E-state index in [1.165, 1.54) is 18.4 Å². The molecule has 0 aliphatic heterocycles. The number of nitrogens with one attached hydrogen (secondary N) is 2. The number of methoxy groups -OCH3 is 1. The molecule has 32 heavy (non-hydrogen) atoms. The molecule has 0 fully saturated rings. The summed E-state index contributed by atoms with van der Waals surface area (Å²) in [5, 5.41) is 8.24. The lowest BCUT2D eigenvalue weighted by atomic mass is 9.98. The number of carbonyl (C=O) groups excluding carboxylic acids is 2. The third kappa shape index (κ3) is 4.87. The van der Waals surface area contributed by atoms with Crippen LogP contribution in [0.1, 0.15) is 25.6 Å². The molecule has 1 heterocycles. The number of benzene rings is 3. The van der Waals surface area contributed by atoms with Crippen LogP contribution >= 0.6 is 11.3 Å². The third-order valence-corrected chi connectivity index (χ3v) is 5.87. The lowest BCUT2D eigenvalue weighted by molar-refractivity contribution is 0.0601. The number of carbonyl (C=O) groups is 2. The van der Waals surface area contributed by atoms with Gasteiger partial charge in [0.05, 0.1) is 28.9 Å². The Morgan fingerprint density at radius 2 is 1.56 bits per heavy atom. The molecule has 6 heteroatoms. The van der Waals surface area contributed by atoms with Crippen molar-refractivity contribution in [1.82, 2.24) is 0 Å². The smallest absolute Gasteiger partial charge is 0.338 e. The van der Waals surface area contributed by atoms with Gasteiger partial charge in [0.2, 0.25) is 0 Å². The molecule has 3 aromatic carbocycles. The second-order valence-electron chi connectivity index (χ2n) is 7.06. The maximum absolute atomic E-state index is 12.4. The van der Waals surface area contributed by atoms with Gasteiger partial charge in [0.1, 0.15) is 0 Å². The highest BCUT2D eigenvalue weighted by Crippen LogP contribution is 2.26. The predicted octanol–water partition coefficient (Wildman–Crippen LogP) is 6.07.